The van der Waals surface area contributed by atoms with Gasteiger partial charge in [-0.05, 0) is 81.2 Å². The van der Waals surface area contributed by atoms with Gasteiger partial charge in [-0.15, -0.1) is 5.39 Å². The summed E-state index contributed by atoms with van der Waals surface area (Å²) in [5.41, 5.74) is 3.04. The summed E-state index contributed by atoms with van der Waals surface area (Å²) >= 11 is 0. The largest absolute Gasteiger partial charge is 0.319 e. The van der Waals surface area contributed by atoms with E-state index in [1.807, 2.05) is 39.0 Å². The molecule has 0 radical (unpaired) electrons. The average Bonchev–Trinajstić information content (AvgIpc) is 4.22. The molecule has 0 fully saturated rings. The Bertz CT molecular complexity index is 4020. The van der Waals surface area contributed by atoms with Crippen molar-refractivity contribution in [1.29, 1.82) is 0 Å². The second-order valence-electron chi connectivity index (χ2n) is 17.4. The summed E-state index contributed by atoms with van der Waals surface area (Å²) in [6, 6.07) is 23.3. The SMILES string of the molecule is C.[2H]c1c([2H])c([2H])c(-c2cccc(-c3c([2H])c([2H])c([2H])c([2H])c3[2H])c2-[n+]2[c-]n(-c3[c-]c(C([2H])([2H])c4[c-]c5c(cc4)c4c([2H])c(C)c([2H])c([2H])c4n5-c4cc(C(C)(C)C)ccn4)cc(C(C)(C)C)c3)c3ccccc32)c([2H])c1[2H].[Pt]. The molecular weight excluding hydrogens is 960 g/mol. The number of aromatic nitrogens is 4. The monoisotopic (exact) mass is 1030 g/mol. The molecular formula is C59H54N4Pt-2. The number of imidazole rings is 1. The maximum Gasteiger partial charge on any atom is 0.268 e. The van der Waals surface area contributed by atoms with Gasteiger partial charge in [0.15, 0.2) is 0 Å². The third-order valence-electron chi connectivity index (χ3n) is 11.0. The molecule has 0 amide bonds. The molecule has 0 aliphatic heterocycles. The second-order valence-corrected chi connectivity index (χ2v) is 17.4. The van der Waals surface area contributed by atoms with Crippen LogP contribution >= 0.6 is 0 Å². The quantitative estimate of drug-likeness (QED) is 0.115. The van der Waals surface area contributed by atoms with E-state index in [4.69, 9.17) is 20.1 Å². The van der Waals surface area contributed by atoms with E-state index in [0.717, 1.165) is 5.56 Å². The molecule has 0 atom stereocenters. The number of rotatable bonds is 7. The number of benzene rings is 7. The molecule has 322 valence electrons. The smallest absolute Gasteiger partial charge is 0.268 e. The van der Waals surface area contributed by atoms with Crippen LogP contribution in [0.3, 0.4) is 0 Å². The first kappa shape index (κ1) is 29.2. The van der Waals surface area contributed by atoms with Crippen LogP contribution in [0.4, 0.5) is 0 Å². The van der Waals surface area contributed by atoms with E-state index in [1.54, 1.807) is 81.4 Å². The summed E-state index contributed by atoms with van der Waals surface area (Å²) in [7, 11) is 0. The Balaban J connectivity index is 0.00000411. The Labute approximate surface area is 414 Å². The van der Waals surface area contributed by atoms with Crippen molar-refractivity contribution in [2.75, 3.05) is 0 Å². The van der Waals surface area contributed by atoms with Crippen LogP contribution in [0.15, 0.2) is 164 Å². The van der Waals surface area contributed by atoms with E-state index in [0.29, 0.717) is 50.0 Å². The summed E-state index contributed by atoms with van der Waals surface area (Å²) in [5.74, 6) is 0.414. The van der Waals surface area contributed by atoms with Gasteiger partial charge in [0.2, 0.25) is 0 Å². The van der Waals surface area contributed by atoms with Gasteiger partial charge in [-0.2, -0.15) is 53.1 Å². The van der Waals surface area contributed by atoms with Gasteiger partial charge in [-0.1, -0.05) is 175 Å². The molecule has 0 bridgehead atoms. The maximum absolute atomic E-state index is 10.0. The number of hydrogen-bond acceptors (Lipinski definition) is 1. The summed E-state index contributed by atoms with van der Waals surface area (Å²) < 4.78 is 140. The first-order valence-electron chi connectivity index (χ1n) is 27.8. The minimum absolute atomic E-state index is 0. The predicted octanol–water partition coefficient (Wildman–Crippen LogP) is 14.3. The van der Waals surface area contributed by atoms with Crippen LogP contribution in [0, 0.1) is 25.4 Å². The minimum atomic E-state index is -2.34. The fourth-order valence-corrected chi connectivity index (χ4v) is 7.82. The fraction of sp³-hybridized carbons (Fsp3) is 0.186. The molecule has 0 aliphatic carbocycles. The van der Waals surface area contributed by atoms with Gasteiger partial charge in [0.1, 0.15) is 5.82 Å². The van der Waals surface area contributed by atoms with Crippen LogP contribution in [-0.4, -0.2) is 14.1 Å². The molecule has 64 heavy (non-hydrogen) atoms. The predicted molar refractivity (Wildman–Crippen MR) is 262 cm³/mol. The van der Waals surface area contributed by atoms with Crippen molar-refractivity contribution >= 4 is 32.8 Å². The van der Waals surface area contributed by atoms with E-state index >= 15 is 0 Å². The van der Waals surface area contributed by atoms with E-state index in [2.05, 4.69) is 39.2 Å². The molecule has 10 rings (SSSR count). The zero-order chi connectivity index (χ0) is 55.9. The van der Waals surface area contributed by atoms with Gasteiger partial charge in [-0.25, -0.2) is 4.98 Å². The van der Waals surface area contributed by atoms with Gasteiger partial charge >= 0.3 is 0 Å². The van der Waals surface area contributed by atoms with Crippen molar-refractivity contribution in [2.24, 2.45) is 0 Å². The normalized spacial score (nSPS) is 15.3. The first-order valence-corrected chi connectivity index (χ1v) is 20.3. The molecule has 10 aromatic rings. The molecule has 7 aromatic carbocycles. The molecule has 0 N–H and O–H groups in total. The van der Waals surface area contributed by atoms with Crippen molar-refractivity contribution in [2.45, 2.75) is 73.1 Å². The Kier molecular flexibility index (Phi) is 7.89. The Morgan fingerprint density at radius 3 is 2.02 bits per heavy atom. The van der Waals surface area contributed by atoms with Gasteiger partial charge < -0.3 is 9.13 Å². The van der Waals surface area contributed by atoms with E-state index in [1.165, 1.54) is 6.07 Å². The number of nitrogens with zero attached hydrogens (tertiary/aromatic N) is 4. The van der Waals surface area contributed by atoms with Crippen LogP contribution in [-0.2, 0) is 38.3 Å². The fourth-order valence-electron chi connectivity index (χ4n) is 7.82. The van der Waals surface area contributed by atoms with Crippen LogP contribution in [0.5, 0.6) is 0 Å². The standard InChI is InChI=1S/C58H50N4.CH4.Pt/c1-39-25-28-51-50(31-39)49-27-26-40(35-54(49)62(51)55-37-44(29-30-59-55)57(2,3)4)32-41-33-45(58(5,6)7)36-46(34-41)60-38-61(53-24-15-14-23-52(53)60)56-47(42-17-10-8-11-18-42)21-16-22-48(56)43-19-12-9-13-20-43;;/h8-31,33,36-37H,32H2,1-7H3;1H4;/q-2;;/i8D,9D,10D,11D,12D,13D,17D,18D,19D,20D,25D,28D,31D,32D2;;. The maximum atomic E-state index is 10.0. The van der Waals surface area contributed by atoms with Gasteiger partial charge in [0.25, 0.3) is 6.33 Å². The molecule has 0 spiro atoms. The number of para-hydroxylation sites is 3. The van der Waals surface area contributed by atoms with Crippen molar-refractivity contribution in [1.82, 2.24) is 14.1 Å². The topological polar surface area (TPSA) is 26.6 Å². The number of pyridine rings is 1. The first-order chi connectivity index (χ1) is 36.1. The summed E-state index contributed by atoms with van der Waals surface area (Å²) in [4.78, 5) is 4.73. The van der Waals surface area contributed by atoms with Crippen LogP contribution in [0.2, 0.25) is 0 Å². The van der Waals surface area contributed by atoms with Crippen LogP contribution < -0.4 is 4.57 Å². The van der Waals surface area contributed by atoms with Gasteiger partial charge in [0.05, 0.1) is 34.5 Å². The summed E-state index contributed by atoms with van der Waals surface area (Å²) in [5, 5.41) is 0.946. The Morgan fingerprint density at radius 1 is 0.672 bits per heavy atom. The summed E-state index contributed by atoms with van der Waals surface area (Å²) in [6.45, 7) is 13.8. The third-order valence-corrected chi connectivity index (χ3v) is 11.0. The minimum Gasteiger partial charge on any atom is -0.319 e. The average molecular weight is 1030 g/mol. The molecule has 0 saturated heterocycles. The van der Waals surface area contributed by atoms with Crippen molar-refractivity contribution in [3.8, 4) is 39.4 Å². The van der Waals surface area contributed by atoms with Gasteiger partial charge in [0, 0.05) is 35.5 Å². The molecule has 0 aliphatic rings. The van der Waals surface area contributed by atoms with Crippen molar-refractivity contribution in [3.63, 3.8) is 0 Å². The third kappa shape index (κ3) is 8.17. The molecule has 4 nitrogen and oxygen atoms in total. The molecule has 0 unspecified atom stereocenters. The molecule has 5 heteroatoms. The molecule has 3 aromatic heterocycles. The zero-order valence-corrected chi connectivity index (χ0v) is 38.0. The van der Waals surface area contributed by atoms with Crippen molar-refractivity contribution < 1.29 is 46.2 Å². The Hall–Kier alpha value is -6.35. The van der Waals surface area contributed by atoms with Crippen molar-refractivity contribution in [3.05, 3.63) is 210 Å². The number of hydrogen-bond donors (Lipinski definition) is 0. The molecule has 3 heterocycles. The van der Waals surface area contributed by atoms with Crippen LogP contribution in [0.1, 0.15) is 97.3 Å². The zero-order valence-electron chi connectivity index (χ0n) is 50.7. The summed E-state index contributed by atoms with van der Waals surface area (Å²) in [6.07, 6.45) is 2.74. The Morgan fingerprint density at radius 2 is 1.34 bits per heavy atom. The van der Waals surface area contributed by atoms with E-state index in [-0.39, 0.29) is 96.6 Å². The molecule has 0 saturated carbocycles. The van der Waals surface area contributed by atoms with Gasteiger partial charge in [-0.3, -0.25) is 4.57 Å². The number of fused-ring (bicyclic) bond motifs is 4. The van der Waals surface area contributed by atoms with E-state index < -0.39 is 72.2 Å². The van der Waals surface area contributed by atoms with E-state index in [9.17, 15) is 5.48 Å². The van der Waals surface area contributed by atoms with Crippen LogP contribution in [0.25, 0.3) is 72.3 Å². The second kappa shape index (κ2) is 17.3.